The number of hydrogen-bond donors (Lipinski definition) is 1. The highest BCUT2D eigenvalue weighted by Gasteiger charge is 2.09. The summed E-state index contributed by atoms with van der Waals surface area (Å²) in [6.07, 6.45) is 14.2. The van der Waals surface area contributed by atoms with Crippen LogP contribution in [0, 0.1) is 0 Å². The Hall–Kier alpha value is -0.410. The second-order valence-corrected chi connectivity index (χ2v) is 6.31. The summed E-state index contributed by atoms with van der Waals surface area (Å²) in [7, 11) is 0. The van der Waals surface area contributed by atoms with Gasteiger partial charge in [-0.05, 0) is 19.4 Å². The van der Waals surface area contributed by atoms with Crippen molar-refractivity contribution in [2.45, 2.75) is 77.7 Å². The molecule has 0 saturated heterocycles. The van der Waals surface area contributed by atoms with E-state index in [-0.39, 0.29) is 0 Å². The van der Waals surface area contributed by atoms with Crippen LogP contribution in [0.25, 0.3) is 0 Å². The van der Waals surface area contributed by atoms with E-state index in [1.54, 1.807) is 11.3 Å². The number of rotatable bonds is 12. The molecule has 0 amide bonds. The Morgan fingerprint density at radius 3 is 2.47 bits per heavy atom. The van der Waals surface area contributed by atoms with Crippen LogP contribution in [0.1, 0.15) is 70.1 Å². The molecule has 0 bridgehead atoms. The van der Waals surface area contributed by atoms with Crippen LogP contribution in [0.5, 0.6) is 0 Å². The molecule has 0 spiro atoms. The maximum absolute atomic E-state index is 4.16. The lowest BCUT2D eigenvalue weighted by atomic mass is 10.0. The molecule has 0 radical (unpaired) electrons. The molecule has 110 valence electrons. The van der Waals surface area contributed by atoms with Gasteiger partial charge in [0.05, 0.1) is 5.51 Å². The van der Waals surface area contributed by atoms with E-state index in [1.165, 1.54) is 56.2 Å². The van der Waals surface area contributed by atoms with Crippen LogP contribution >= 0.6 is 11.3 Å². The summed E-state index contributed by atoms with van der Waals surface area (Å²) in [6, 6.07) is 0.640. The van der Waals surface area contributed by atoms with E-state index >= 15 is 0 Å². The van der Waals surface area contributed by atoms with Crippen molar-refractivity contribution in [1.29, 1.82) is 0 Å². The van der Waals surface area contributed by atoms with Crippen molar-refractivity contribution in [3.63, 3.8) is 0 Å². The standard InChI is InChI=1S/C16H30N2S/c1-3-5-6-7-8-9-10-11-15(18-4-2)12-16-13-17-14-19-16/h13-15,18H,3-12H2,1-2H3. The van der Waals surface area contributed by atoms with E-state index in [2.05, 4.69) is 24.1 Å². The number of nitrogens with zero attached hydrogens (tertiary/aromatic N) is 1. The largest absolute Gasteiger partial charge is 0.314 e. The molecular weight excluding hydrogens is 252 g/mol. The molecule has 0 aliphatic rings. The second kappa shape index (κ2) is 11.4. The van der Waals surface area contributed by atoms with Crippen molar-refractivity contribution in [2.24, 2.45) is 0 Å². The van der Waals surface area contributed by atoms with Crippen molar-refractivity contribution in [3.8, 4) is 0 Å². The normalized spacial score (nSPS) is 12.7. The molecule has 19 heavy (non-hydrogen) atoms. The highest BCUT2D eigenvalue weighted by molar-refractivity contribution is 7.09. The van der Waals surface area contributed by atoms with E-state index in [0.717, 1.165) is 13.0 Å². The third kappa shape index (κ3) is 8.38. The van der Waals surface area contributed by atoms with Crippen LogP contribution in [-0.4, -0.2) is 17.6 Å². The van der Waals surface area contributed by atoms with Gasteiger partial charge in [0, 0.05) is 17.1 Å². The zero-order valence-corrected chi connectivity index (χ0v) is 13.5. The van der Waals surface area contributed by atoms with Crippen molar-refractivity contribution in [3.05, 3.63) is 16.6 Å². The molecule has 0 saturated carbocycles. The Morgan fingerprint density at radius 2 is 1.84 bits per heavy atom. The molecule has 0 fully saturated rings. The molecule has 2 nitrogen and oxygen atoms in total. The minimum atomic E-state index is 0.640. The van der Waals surface area contributed by atoms with Gasteiger partial charge >= 0.3 is 0 Å². The zero-order chi connectivity index (χ0) is 13.8. The summed E-state index contributed by atoms with van der Waals surface area (Å²) >= 11 is 1.78. The third-order valence-corrected chi connectivity index (χ3v) is 4.38. The number of hydrogen-bond acceptors (Lipinski definition) is 3. The lowest BCUT2D eigenvalue weighted by Crippen LogP contribution is -2.30. The summed E-state index contributed by atoms with van der Waals surface area (Å²) in [4.78, 5) is 5.58. The van der Waals surface area contributed by atoms with Crippen LogP contribution in [0.3, 0.4) is 0 Å². The fourth-order valence-electron chi connectivity index (χ4n) is 2.50. The van der Waals surface area contributed by atoms with E-state index in [9.17, 15) is 0 Å². The Kier molecular flexibility index (Phi) is 10.0. The molecule has 1 N–H and O–H groups in total. The number of aromatic nitrogens is 1. The average Bonchev–Trinajstić information content (AvgIpc) is 2.91. The Balaban J connectivity index is 2.08. The first-order chi connectivity index (χ1) is 9.36. The molecule has 1 heterocycles. The van der Waals surface area contributed by atoms with Crippen LogP contribution in [-0.2, 0) is 6.42 Å². The lowest BCUT2D eigenvalue weighted by Gasteiger charge is -2.16. The topological polar surface area (TPSA) is 24.9 Å². The van der Waals surface area contributed by atoms with Gasteiger partial charge in [0.25, 0.3) is 0 Å². The molecule has 1 unspecified atom stereocenters. The smallest absolute Gasteiger partial charge is 0.0794 e. The highest BCUT2D eigenvalue weighted by atomic mass is 32.1. The fourth-order valence-corrected chi connectivity index (χ4v) is 3.17. The average molecular weight is 282 g/mol. The number of thiazole rings is 1. The van der Waals surface area contributed by atoms with Gasteiger partial charge in [-0.1, -0.05) is 58.8 Å². The number of likely N-dealkylation sites (N-methyl/N-ethyl adjacent to an activating group) is 1. The minimum absolute atomic E-state index is 0.640. The Morgan fingerprint density at radius 1 is 1.11 bits per heavy atom. The van der Waals surface area contributed by atoms with Crippen LogP contribution in [0.15, 0.2) is 11.7 Å². The predicted octanol–water partition coefficient (Wildman–Crippen LogP) is 4.80. The van der Waals surface area contributed by atoms with Gasteiger partial charge in [0.2, 0.25) is 0 Å². The van der Waals surface area contributed by atoms with Crippen molar-refractivity contribution >= 4 is 11.3 Å². The Labute approximate surface area is 123 Å². The van der Waals surface area contributed by atoms with Gasteiger partial charge in [-0.2, -0.15) is 0 Å². The Bertz CT molecular complexity index is 285. The van der Waals surface area contributed by atoms with Crippen molar-refractivity contribution < 1.29 is 0 Å². The quantitative estimate of drug-likeness (QED) is 0.557. The van der Waals surface area contributed by atoms with E-state index in [1.807, 2.05) is 11.7 Å². The second-order valence-electron chi connectivity index (χ2n) is 5.34. The van der Waals surface area contributed by atoms with Crippen LogP contribution < -0.4 is 5.32 Å². The van der Waals surface area contributed by atoms with Crippen molar-refractivity contribution in [1.82, 2.24) is 10.3 Å². The predicted molar refractivity (Wildman–Crippen MR) is 85.9 cm³/mol. The molecule has 0 aromatic carbocycles. The molecule has 3 heteroatoms. The zero-order valence-electron chi connectivity index (χ0n) is 12.7. The first-order valence-electron chi connectivity index (χ1n) is 7.97. The third-order valence-electron chi connectivity index (χ3n) is 3.58. The van der Waals surface area contributed by atoms with Crippen LogP contribution in [0.4, 0.5) is 0 Å². The summed E-state index contributed by atoms with van der Waals surface area (Å²) in [5, 5.41) is 3.61. The maximum atomic E-state index is 4.16. The van der Waals surface area contributed by atoms with Crippen LogP contribution in [0.2, 0.25) is 0 Å². The first-order valence-corrected chi connectivity index (χ1v) is 8.85. The lowest BCUT2D eigenvalue weighted by molar-refractivity contribution is 0.460. The maximum Gasteiger partial charge on any atom is 0.0794 e. The SMILES string of the molecule is CCCCCCCCCC(Cc1cncs1)NCC. The molecule has 1 rings (SSSR count). The molecule has 1 atom stereocenters. The molecular formula is C16H30N2S. The van der Waals surface area contributed by atoms with Gasteiger partial charge in [-0.15, -0.1) is 11.3 Å². The summed E-state index contributed by atoms with van der Waals surface area (Å²) in [5.41, 5.74) is 1.94. The fraction of sp³-hybridized carbons (Fsp3) is 0.812. The van der Waals surface area contributed by atoms with E-state index in [0.29, 0.717) is 6.04 Å². The molecule has 0 aliphatic carbocycles. The van der Waals surface area contributed by atoms with Gasteiger partial charge < -0.3 is 5.32 Å². The molecule has 1 aromatic heterocycles. The first kappa shape index (κ1) is 16.6. The number of unbranched alkanes of at least 4 members (excludes halogenated alkanes) is 6. The number of nitrogens with one attached hydrogen (secondary N) is 1. The molecule has 0 aliphatic heterocycles. The highest BCUT2D eigenvalue weighted by Crippen LogP contribution is 2.14. The summed E-state index contributed by atoms with van der Waals surface area (Å²) in [6.45, 7) is 5.55. The van der Waals surface area contributed by atoms with Crippen molar-refractivity contribution in [2.75, 3.05) is 6.54 Å². The minimum Gasteiger partial charge on any atom is -0.314 e. The molecule has 1 aromatic rings. The monoisotopic (exact) mass is 282 g/mol. The van der Waals surface area contributed by atoms with Gasteiger partial charge in [0.15, 0.2) is 0 Å². The van der Waals surface area contributed by atoms with E-state index in [4.69, 9.17) is 0 Å². The summed E-state index contributed by atoms with van der Waals surface area (Å²) in [5.74, 6) is 0. The van der Waals surface area contributed by atoms with Gasteiger partial charge in [-0.3, -0.25) is 4.98 Å². The van der Waals surface area contributed by atoms with E-state index < -0.39 is 0 Å². The van der Waals surface area contributed by atoms with Gasteiger partial charge in [-0.25, -0.2) is 0 Å². The summed E-state index contributed by atoms with van der Waals surface area (Å²) < 4.78 is 0. The van der Waals surface area contributed by atoms with Gasteiger partial charge in [0.1, 0.15) is 0 Å².